The summed E-state index contributed by atoms with van der Waals surface area (Å²) in [7, 11) is 1.63. The van der Waals surface area contributed by atoms with Crippen LogP contribution in [0.4, 0.5) is 5.69 Å². The van der Waals surface area contributed by atoms with Gasteiger partial charge < -0.3 is 14.6 Å². The molecule has 156 valence electrons. The van der Waals surface area contributed by atoms with Crippen LogP contribution in [-0.2, 0) is 7.05 Å². The molecule has 0 saturated carbocycles. The molecule has 0 radical (unpaired) electrons. The Balaban J connectivity index is 2.02. The molecule has 0 unspecified atom stereocenters. The number of hydrogen-bond acceptors (Lipinski definition) is 3. The van der Waals surface area contributed by atoms with Crippen molar-refractivity contribution in [1.82, 2.24) is 4.57 Å². The number of nitrogens with zero attached hydrogens (tertiary/aromatic N) is 2. The number of pyridine rings is 1. The van der Waals surface area contributed by atoms with Crippen molar-refractivity contribution in [1.29, 1.82) is 0 Å². The second kappa shape index (κ2) is 8.11. The van der Waals surface area contributed by atoms with E-state index in [1.54, 1.807) is 13.1 Å². The molecule has 0 fully saturated rings. The van der Waals surface area contributed by atoms with Crippen molar-refractivity contribution in [2.75, 3.05) is 11.4 Å². The molecule has 3 aromatic carbocycles. The van der Waals surface area contributed by atoms with E-state index in [0.717, 1.165) is 16.7 Å². The lowest BCUT2D eigenvalue weighted by molar-refractivity contribution is 0.0984. The van der Waals surface area contributed by atoms with Gasteiger partial charge >= 0.3 is 0 Å². The predicted octanol–water partition coefficient (Wildman–Crippen LogP) is 4.89. The van der Waals surface area contributed by atoms with Gasteiger partial charge in [0.25, 0.3) is 11.5 Å². The number of amides is 1. The number of carbonyl (C=O) groups is 1. The van der Waals surface area contributed by atoms with Crippen LogP contribution in [0.15, 0.2) is 77.6 Å². The highest BCUT2D eigenvalue weighted by molar-refractivity contribution is 6.12. The Morgan fingerprint density at radius 1 is 0.935 bits per heavy atom. The fraction of sp³-hybridized carbons (Fsp3) is 0.154. The average molecular weight is 412 g/mol. The first-order valence-corrected chi connectivity index (χ1v) is 10.2. The van der Waals surface area contributed by atoms with Crippen LogP contribution in [-0.4, -0.2) is 22.1 Å². The first kappa shape index (κ1) is 20.4. The van der Waals surface area contributed by atoms with Crippen LogP contribution < -0.4 is 10.5 Å². The summed E-state index contributed by atoms with van der Waals surface area (Å²) in [5.41, 5.74) is 3.26. The van der Waals surface area contributed by atoms with Gasteiger partial charge in [0.15, 0.2) is 0 Å². The molecule has 0 bridgehead atoms. The summed E-state index contributed by atoms with van der Waals surface area (Å²) in [5.74, 6) is -0.801. The Bertz CT molecular complexity index is 1340. The third-order valence-electron chi connectivity index (χ3n) is 5.67. The van der Waals surface area contributed by atoms with Gasteiger partial charge in [0, 0.05) is 24.7 Å². The maximum atomic E-state index is 13.5. The van der Waals surface area contributed by atoms with Crippen molar-refractivity contribution in [3.63, 3.8) is 0 Å². The molecule has 1 aromatic heterocycles. The third kappa shape index (κ3) is 3.38. The number of hydrogen-bond donors (Lipinski definition) is 1. The molecule has 0 spiro atoms. The number of para-hydroxylation sites is 1. The predicted molar refractivity (Wildman–Crippen MR) is 125 cm³/mol. The summed E-state index contributed by atoms with van der Waals surface area (Å²) in [6.45, 7) is 4.20. The molecule has 31 heavy (non-hydrogen) atoms. The minimum atomic E-state index is -0.522. The summed E-state index contributed by atoms with van der Waals surface area (Å²) in [6.07, 6.45) is 0. The van der Waals surface area contributed by atoms with Gasteiger partial charge in [-0.05, 0) is 48.7 Å². The molecule has 4 aromatic rings. The molecular weight excluding hydrogens is 388 g/mol. The Kier molecular flexibility index (Phi) is 5.34. The standard InChI is InChI=1S/C26H24N2O3/c1-4-28(18-12-6-5-7-13-18)26(31)23-24(29)22-20(19-14-9-8-11-17(19)2)15-10-16-21(22)27(3)25(23)30/h5-16,29H,4H2,1-3H3. The van der Waals surface area contributed by atoms with Crippen molar-refractivity contribution in [2.24, 2.45) is 7.05 Å². The molecular formula is C26H24N2O3. The number of anilines is 1. The number of aromatic hydroxyl groups is 1. The lowest BCUT2D eigenvalue weighted by Gasteiger charge is -2.22. The summed E-state index contributed by atoms with van der Waals surface area (Å²) in [5, 5.41) is 11.8. The van der Waals surface area contributed by atoms with Crippen LogP contribution in [0.25, 0.3) is 22.0 Å². The van der Waals surface area contributed by atoms with Gasteiger partial charge in [0.05, 0.1) is 5.52 Å². The van der Waals surface area contributed by atoms with E-state index in [4.69, 9.17) is 0 Å². The monoisotopic (exact) mass is 412 g/mol. The van der Waals surface area contributed by atoms with Crippen molar-refractivity contribution in [2.45, 2.75) is 13.8 Å². The molecule has 4 rings (SSSR count). The maximum Gasteiger partial charge on any atom is 0.267 e. The lowest BCUT2D eigenvalue weighted by atomic mass is 9.95. The van der Waals surface area contributed by atoms with E-state index >= 15 is 0 Å². The summed E-state index contributed by atoms with van der Waals surface area (Å²) in [4.78, 5) is 28.1. The van der Waals surface area contributed by atoms with Crippen LogP contribution in [0.3, 0.4) is 0 Å². The van der Waals surface area contributed by atoms with Crippen molar-refractivity contribution >= 4 is 22.5 Å². The Morgan fingerprint density at radius 3 is 2.26 bits per heavy atom. The molecule has 0 aliphatic rings. The van der Waals surface area contributed by atoms with Gasteiger partial charge in [0.2, 0.25) is 0 Å². The van der Waals surface area contributed by atoms with Crippen LogP contribution in [0.1, 0.15) is 22.8 Å². The highest BCUT2D eigenvalue weighted by Crippen LogP contribution is 2.37. The first-order chi connectivity index (χ1) is 15.0. The second-order valence-corrected chi connectivity index (χ2v) is 7.49. The van der Waals surface area contributed by atoms with E-state index in [2.05, 4.69) is 0 Å². The minimum absolute atomic E-state index is 0.221. The number of rotatable bonds is 4. The van der Waals surface area contributed by atoms with Gasteiger partial charge in [-0.1, -0.05) is 54.6 Å². The smallest absolute Gasteiger partial charge is 0.267 e. The van der Waals surface area contributed by atoms with E-state index in [0.29, 0.717) is 23.1 Å². The van der Waals surface area contributed by atoms with Gasteiger partial charge in [-0.2, -0.15) is 0 Å². The SMILES string of the molecule is CCN(C(=O)c1c(O)c2c(-c3ccccc3C)cccc2n(C)c1=O)c1ccccc1. The zero-order chi connectivity index (χ0) is 22.1. The quantitative estimate of drug-likeness (QED) is 0.519. The van der Waals surface area contributed by atoms with Crippen molar-refractivity contribution in [3.8, 4) is 16.9 Å². The van der Waals surface area contributed by atoms with Crippen LogP contribution >= 0.6 is 0 Å². The zero-order valence-corrected chi connectivity index (χ0v) is 17.8. The number of fused-ring (bicyclic) bond motifs is 1. The number of aryl methyl sites for hydroxylation is 2. The summed E-state index contributed by atoms with van der Waals surface area (Å²) in [6, 6.07) is 22.5. The third-order valence-corrected chi connectivity index (χ3v) is 5.67. The van der Waals surface area contributed by atoms with Crippen LogP contribution in [0, 0.1) is 6.92 Å². The highest BCUT2D eigenvalue weighted by Gasteiger charge is 2.27. The van der Waals surface area contributed by atoms with E-state index in [-0.39, 0.29) is 11.3 Å². The normalized spacial score (nSPS) is 10.9. The Hall–Kier alpha value is -3.86. The molecule has 5 heteroatoms. The molecule has 0 aliphatic carbocycles. The van der Waals surface area contributed by atoms with E-state index in [1.807, 2.05) is 80.6 Å². The van der Waals surface area contributed by atoms with Gasteiger partial charge in [0.1, 0.15) is 11.3 Å². The lowest BCUT2D eigenvalue weighted by Crippen LogP contribution is -2.36. The summed E-state index contributed by atoms with van der Waals surface area (Å²) >= 11 is 0. The molecule has 1 amide bonds. The molecule has 0 atom stereocenters. The minimum Gasteiger partial charge on any atom is -0.506 e. The fourth-order valence-corrected chi connectivity index (χ4v) is 4.05. The average Bonchev–Trinajstić information content (AvgIpc) is 2.79. The van der Waals surface area contributed by atoms with Crippen LogP contribution in [0.2, 0.25) is 0 Å². The second-order valence-electron chi connectivity index (χ2n) is 7.49. The van der Waals surface area contributed by atoms with E-state index in [1.165, 1.54) is 9.47 Å². The Labute approximate surface area is 180 Å². The number of carbonyl (C=O) groups excluding carboxylic acids is 1. The first-order valence-electron chi connectivity index (χ1n) is 10.2. The van der Waals surface area contributed by atoms with E-state index in [9.17, 15) is 14.7 Å². The molecule has 1 heterocycles. The Morgan fingerprint density at radius 2 is 1.58 bits per heavy atom. The highest BCUT2D eigenvalue weighted by atomic mass is 16.3. The van der Waals surface area contributed by atoms with Gasteiger partial charge in [-0.3, -0.25) is 9.59 Å². The summed E-state index contributed by atoms with van der Waals surface area (Å²) < 4.78 is 1.43. The number of aromatic nitrogens is 1. The van der Waals surface area contributed by atoms with Gasteiger partial charge in [-0.25, -0.2) is 0 Å². The zero-order valence-electron chi connectivity index (χ0n) is 17.8. The molecule has 0 aliphatic heterocycles. The largest absolute Gasteiger partial charge is 0.506 e. The topological polar surface area (TPSA) is 62.5 Å². The molecule has 5 nitrogen and oxygen atoms in total. The van der Waals surface area contributed by atoms with E-state index < -0.39 is 11.5 Å². The number of benzene rings is 3. The van der Waals surface area contributed by atoms with Gasteiger partial charge in [-0.15, -0.1) is 0 Å². The molecule has 1 N–H and O–H groups in total. The van der Waals surface area contributed by atoms with Crippen LogP contribution in [0.5, 0.6) is 5.75 Å². The maximum absolute atomic E-state index is 13.5. The molecule has 0 saturated heterocycles. The van der Waals surface area contributed by atoms with Crippen molar-refractivity contribution < 1.29 is 9.90 Å². The fourth-order valence-electron chi connectivity index (χ4n) is 4.05. The van der Waals surface area contributed by atoms with Crippen molar-refractivity contribution in [3.05, 3.63) is 94.3 Å².